The molecule has 1 aromatic carbocycles. The Bertz CT molecular complexity index is 503. The van der Waals surface area contributed by atoms with E-state index in [4.69, 9.17) is 0 Å². The zero-order valence-electron chi connectivity index (χ0n) is 9.82. The topological polar surface area (TPSA) is 40.7 Å². The lowest BCUT2D eigenvalue weighted by Crippen LogP contribution is -2.14. The number of halogens is 2. The third kappa shape index (κ3) is 2.76. The summed E-state index contributed by atoms with van der Waals surface area (Å²) >= 11 is 3.44. The lowest BCUT2D eigenvalue weighted by atomic mass is 10.2. The maximum atomic E-state index is 4.66. The van der Waals surface area contributed by atoms with Crippen LogP contribution in [0.3, 0.4) is 0 Å². The third-order valence-corrected chi connectivity index (χ3v) is 3.66. The molecule has 5 heteroatoms. The molecule has 0 saturated carbocycles. The number of benzene rings is 1. The van der Waals surface area contributed by atoms with Crippen LogP contribution in [0, 0.1) is 0 Å². The molecule has 18 heavy (non-hydrogen) atoms. The molecule has 0 spiro atoms. The van der Waals surface area contributed by atoms with Crippen molar-refractivity contribution in [2.75, 3.05) is 6.54 Å². The molecule has 1 saturated heterocycles. The van der Waals surface area contributed by atoms with Crippen molar-refractivity contribution in [3.05, 3.63) is 40.8 Å². The van der Waals surface area contributed by atoms with E-state index in [1.807, 2.05) is 18.3 Å². The Balaban J connectivity index is 0.00000120. The van der Waals surface area contributed by atoms with Gasteiger partial charge in [-0.1, -0.05) is 28.1 Å². The van der Waals surface area contributed by atoms with E-state index in [1.165, 1.54) is 12.8 Å². The lowest BCUT2D eigenvalue weighted by Gasteiger charge is -2.04. The zero-order valence-corrected chi connectivity index (χ0v) is 12.2. The molecular formula is C13H15BrClN3. The van der Waals surface area contributed by atoms with Crippen molar-refractivity contribution >= 4 is 28.3 Å². The molecule has 0 amide bonds. The number of H-pyrrole nitrogens is 1. The van der Waals surface area contributed by atoms with Gasteiger partial charge < -0.3 is 10.3 Å². The fourth-order valence-corrected chi connectivity index (χ4v) is 2.47. The van der Waals surface area contributed by atoms with Gasteiger partial charge in [0, 0.05) is 16.2 Å². The molecule has 2 aromatic rings. The van der Waals surface area contributed by atoms with E-state index >= 15 is 0 Å². The second-order valence-corrected chi connectivity index (χ2v) is 5.24. The van der Waals surface area contributed by atoms with E-state index in [0.717, 1.165) is 28.1 Å². The Morgan fingerprint density at radius 3 is 2.67 bits per heavy atom. The van der Waals surface area contributed by atoms with Crippen molar-refractivity contribution in [2.24, 2.45) is 0 Å². The summed E-state index contributed by atoms with van der Waals surface area (Å²) in [5.41, 5.74) is 2.16. The van der Waals surface area contributed by atoms with Gasteiger partial charge in [0.05, 0.1) is 11.7 Å². The first kappa shape index (κ1) is 13.6. The number of aromatic nitrogens is 2. The summed E-state index contributed by atoms with van der Waals surface area (Å²) in [5.74, 6) is 1.06. The Morgan fingerprint density at radius 1 is 1.22 bits per heavy atom. The molecule has 0 radical (unpaired) electrons. The first-order chi connectivity index (χ1) is 8.33. The van der Waals surface area contributed by atoms with Crippen LogP contribution in [-0.2, 0) is 0 Å². The Hall–Kier alpha value is -0.840. The standard InChI is InChI=1S/C13H14BrN3.ClH/c14-10-5-3-9(4-6-10)12-8-16-13(17-12)11-2-1-7-15-11;/h3-6,8,11,15H,1-2,7H2,(H,16,17);1H/t11-;/m0./s1. The average molecular weight is 329 g/mol. The van der Waals surface area contributed by atoms with Gasteiger partial charge in [-0.2, -0.15) is 0 Å². The summed E-state index contributed by atoms with van der Waals surface area (Å²) in [6.07, 6.45) is 4.39. The van der Waals surface area contributed by atoms with Gasteiger partial charge >= 0.3 is 0 Å². The third-order valence-electron chi connectivity index (χ3n) is 3.13. The first-order valence-corrected chi connectivity index (χ1v) is 6.67. The molecule has 1 fully saturated rings. The molecule has 1 atom stereocenters. The number of hydrogen-bond donors (Lipinski definition) is 2. The van der Waals surface area contributed by atoms with Crippen LogP contribution in [0.2, 0.25) is 0 Å². The fraction of sp³-hybridized carbons (Fsp3) is 0.308. The molecule has 0 aliphatic carbocycles. The summed E-state index contributed by atoms with van der Waals surface area (Å²) < 4.78 is 1.09. The van der Waals surface area contributed by atoms with E-state index in [1.54, 1.807) is 0 Å². The molecule has 2 N–H and O–H groups in total. The van der Waals surface area contributed by atoms with Crippen LogP contribution < -0.4 is 5.32 Å². The van der Waals surface area contributed by atoms with Crippen LogP contribution in [-0.4, -0.2) is 16.5 Å². The number of nitrogens with zero attached hydrogens (tertiary/aromatic N) is 1. The number of aromatic amines is 1. The van der Waals surface area contributed by atoms with Crippen molar-refractivity contribution in [3.8, 4) is 11.3 Å². The molecule has 1 aliphatic rings. The fourth-order valence-electron chi connectivity index (χ4n) is 2.20. The quantitative estimate of drug-likeness (QED) is 0.883. The molecule has 1 aliphatic heterocycles. The normalized spacial score (nSPS) is 18.6. The van der Waals surface area contributed by atoms with Crippen molar-refractivity contribution < 1.29 is 0 Å². The highest BCUT2D eigenvalue weighted by atomic mass is 79.9. The Morgan fingerprint density at radius 2 is 2.00 bits per heavy atom. The molecule has 0 unspecified atom stereocenters. The predicted octanol–water partition coefficient (Wildman–Crippen LogP) is 3.69. The van der Waals surface area contributed by atoms with Gasteiger partial charge in [-0.3, -0.25) is 0 Å². The summed E-state index contributed by atoms with van der Waals surface area (Å²) in [4.78, 5) is 7.93. The van der Waals surface area contributed by atoms with E-state index < -0.39 is 0 Å². The minimum Gasteiger partial charge on any atom is -0.347 e. The Labute approximate surface area is 121 Å². The highest BCUT2D eigenvalue weighted by molar-refractivity contribution is 9.10. The van der Waals surface area contributed by atoms with Gasteiger partial charge in [-0.15, -0.1) is 12.4 Å². The molecule has 3 nitrogen and oxygen atoms in total. The summed E-state index contributed by atoms with van der Waals surface area (Å²) in [6.45, 7) is 1.10. The van der Waals surface area contributed by atoms with E-state index in [9.17, 15) is 0 Å². The van der Waals surface area contributed by atoms with Gasteiger partial charge in [0.1, 0.15) is 5.82 Å². The van der Waals surface area contributed by atoms with Gasteiger partial charge in [0.25, 0.3) is 0 Å². The van der Waals surface area contributed by atoms with Gasteiger partial charge in [-0.25, -0.2) is 4.98 Å². The van der Waals surface area contributed by atoms with Crippen LogP contribution in [0.25, 0.3) is 11.3 Å². The molecule has 96 valence electrons. The zero-order chi connectivity index (χ0) is 11.7. The summed E-state index contributed by atoms with van der Waals surface area (Å²) in [6, 6.07) is 8.63. The van der Waals surface area contributed by atoms with Crippen LogP contribution in [0.4, 0.5) is 0 Å². The van der Waals surface area contributed by atoms with Crippen LogP contribution in [0.15, 0.2) is 34.9 Å². The SMILES string of the molecule is Brc1ccc(-c2c[nH]c([C@@H]3CCCN3)n2)cc1.Cl. The lowest BCUT2D eigenvalue weighted by molar-refractivity contribution is 0.613. The van der Waals surface area contributed by atoms with E-state index in [0.29, 0.717) is 6.04 Å². The molecule has 3 rings (SSSR count). The van der Waals surface area contributed by atoms with Gasteiger partial charge in [0.2, 0.25) is 0 Å². The monoisotopic (exact) mass is 327 g/mol. The van der Waals surface area contributed by atoms with Gasteiger partial charge in [0.15, 0.2) is 0 Å². The average Bonchev–Trinajstić information content (AvgIpc) is 3.00. The van der Waals surface area contributed by atoms with Crippen LogP contribution in [0.5, 0.6) is 0 Å². The number of rotatable bonds is 2. The maximum absolute atomic E-state index is 4.66. The minimum atomic E-state index is 0. The largest absolute Gasteiger partial charge is 0.347 e. The highest BCUT2D eigenvalue weighted by Gasteiger charge is 2.19. The van der Waals surface area contributed by atoms with Crippen molar-refractivity contribution in [3.63, 3.8) is 0 Å². The van der Waals surface area contributed by atoms with E-state index in [-0.39, 0.29) is 12.4 Å². The van der Waals surface area contributed by atoms with Gasteiger partial charge in [-0.05, 0) is 31.5 Å². The maximum Gasteiger partial charge on any atom is 0.124 e. The smallest absolute Gasteiger partial charge is 0.124 e. The second-order valence-electron chi connectivity index (χ2n) is 4.33. The summed E-state index contributed by atoms with van der Waals surface area (Å²) in [5, 5.41) is 3.45. The van der Waals surface area contributed by atoms with Crippen molar-refractivity contribution in [1.82, 2.24) is 15.3 Å². The summed E-state index contributed by atoms with van der Waals surface area (Å²) in [7, 11) is 0. The second kappa shape index (κ2) is 5.87. The predicted molar refractivity (Wildman–Crippen MR) is 78.9 cm³/mol. The minimum absolute atomic E-state index is 0. The highest BCUT2D eigenvalue weighted by Crippen LogP contribution is 2.24. The number of nitrogens with one attached hydrogen (secondary N) is 2. The van der Waals surface area contributed by atoms with Crippen molar-refractivity contribution in [1.29, 1.82) is 0 Å². The van der Waals surface area contributed by atoms with Crippen LogP contribution in [0.1, 0.15) is 24.7 Å². The Kier molecular flexibility index (Phi) is 4.43. The molecular weight excluding hydrogens is 314 g/mol. The molecule has 2 heterocycles. The molecule has 1 aromatic heterocycles. The number of hydrogen-bond acceptors (Lipinski definition) is 2. The number of imidazole rings is 1. The molecule has 0 bridgehead atoms. The van der Waals surface area contributed by atoms with E-state index in [2.05, 4.69) is 43.3 Å². The van der Waals surface area contributed by atoms with Crippen LogP contribution >= 0.6 is 28.3 Å². The van der Waals surface area contributed by atoms with Crippen molar-refractivity contribution in [2.45, 2.75) is 18.9 Å². The first-order valence-electron chi connectivity index (χ1n) is 5.87.